The second-order valence-electron chi connectivity index (χ2n) is 14.6. The molecule has 4 aliphatic carbocycles. The highest BCUT2D eigenvalue weighted by atomic mass is 16.5. The van der Waals surface area contributed by atoms with E-state index in [-0.39, 0.29) is 82.3 Å². The first kappa shape index (κ1) is 31.1. The molecule has 4 saturated carbocycles. The molecule has 4 fully saturated rings. The molecule has 0 aromatic carbocycles. The maximum atomic E-state index is 14.7. The van der Waals surface area contributed by atoms with Crippen molar-refractivity contribution in [2.24, 2.45) is 51.8 Å². The van der Waals surface area contributed by atoms with Crippen molar-refractivity contribution >= 4 is 31.5 Å². The van der Waals surface area contributed by atoms with Crippen LogP contribution in [0.15, 0.2) is 0 Å². The second-order valence-corrected chi connectivity index (χ2v) is 14.6. The summed E-state index contributed by atoms with van der Waals surface area (Å²) in [5.74, 6) is 0.229. The van der Waals surface area contributed by atoms with Crippen molar-refractivity contribution in [3.05, 3.63) is 0 Å². The van der Waals surface area contributed by atoms with Crippen molar-refractivity contribution in [1.82, 2.24) is 0 Å². The number of Topliss-reactive ketones (excluding diaryl/α,β-unsaturated/α-hetero) is 1. The van der Waals surface area contributed by atoms with Gasteiger partial charge in [0.15, 0.2) is 0 Å². The molecule has 0 amide bonds. The molecule has 3 unspecified atom stereocenters. The molecule has 40 heavy (non-hydrogen) atoms. The predicted octanol–water partition coefficient (Wildman–Crippen LogP) is 4.94. The summed E-state index contributed by atoms with van der Waals surface area (Å²) in [4.78, 5) is 51.2. The standard InChI is InChI=1S/C32H51BO7/c1-9-20-22-16-19(39-17(2)34)12-15-31(22,6)26-25(28(20)40-18(3)35)21-10-11-23(32(21,7)29(37)27(26)33)30(4,5)14-13-24(36)38-8/h19-23,25-28H,9-16,33H2,1-8H3/t19-,20-,21?,22+,23-,25?,26?,27+,28-,31+,32+/m1/s1. The van der Waals surface area contributed by atoms with Crippen LogP contribution in [0.3, 0.4) is 0 Å². The summed E-state index contributed by atoms with van der Waals surface area (Å²) in [6.07, 6.45) is 5.78. The molecular formula is C32H51BO7. The molecule has 0 radical (unpaired) electrons. The molecule has 0 spiro atoms. The van der Waals surface area contributed by atoms with E-state index in [0.717, 1.165) is 38.5 Å². The van der Waals surface area contributed by atoms with Gasteiger partial charge in [0.1, 0.15) is 25.8 Å². The van der Waals surface area contributed by atoms with Crippen LogP contribution in [0.4, 0.5) is 0 Å². The number of ether oxygens (including phenoxy) is 3. The number of hydrogen-bond acceptors (Lipinski definition) is 7. The quantitative estimate of drug-likeness (QED) is 0.248. The molecule has 11 atom stereocenters. The molecule has 4 rings (SSSR count). The van der Waals surface area contributed by atoms with Gasteiger partial charge in [-0.1, -0.05) is 34.6 Å². The third kappa shape index (κ3) is 4.93. The summed E-state index contributed by atoms with van der Waals surface area (Å²) < 4.78 is 17.0. The molecule has 0 aromatic rings. The Morgan fingerprint density at radius 1 is 1.02 bits per heavy atom. The number of fused-ring (bicyclic) bond motifs is 5. The van der Waals surface area contributed by atoms with Crippen LogP contribution in [0.1, 0.15) is 99.8 Å². The SMILES string of the molecule is B[C@@H]1C(=O)[C@@]2(C)C(CC[C@@H]2C(C)(C)CCC(=O)OC)C2C1[C@@]1(C)CC[C@@H](OC(C)=O)C[C@H]1[C@@H](CC)[C@H]2OC(C)=O. The summed E-state index contributed by atoms with van der Waals surface area (Å²) in [5.41, 5.74) is -0.868. The highest BCUT2D eigenvalue weighted by Crippen LogP contribution is 2.72. The van der Waals surface area contributed by atoms with E-state index in [0.29, 0.717) is 18.6 Å². The normalized spacial score (nSPS) is 42.7. The molecule has 0 aromatic heterocycles. The summed E-state index contributed by atoms with van der Waals surface area (Å²) in [6, 6.07) is 0. The molecule has 0 N–H and O–H groups in total. The average Bonchev–Trinajstić information content (AvgIpc) is 3.24. The maximum absolute atomic E-state index is 14.7. The minimum Gasteiger partial charge on any atom is -0.469 e. The van der Waals surface area contributed by atoms with Crippen LogP contribution in [0.5, 0.6) is 0 Å². The highest BCUT2D eigenvalue weighted by Gasteiger charge is 2.71. The molecule has 0 heterocycles. The van der Waals surface area contributed by atoms with Gasteiger partial charge < -0.3 is 14.2 Å². The molecule has 224 valence electrons. The molecule has 7 nitrogen and oxygen atoms in total. The number of ketones is 1. The number of esters is 3. The van der Waals surface area contributed by atoms with Crippen molar-refractivity contribution in [3.63, 3.8) is 0 Å². The maximum Gasteiger partial charge on any atom is 0.305 e. The summed E-state index contributed by atoms with van der Waals surface area (Å²) in [6.45, 7) is 14.1. The third-order valence-electron chi connectivity index (χ3n) is 12.3. The predicted molar refractivity (Wildman–Crippen MR) is 154 cm³/mol. The Labute approximate surface area is 241 Å². The Balaban J connectivity index is 1.77. The zero-order valence-electron chi connectivity index (χ0n) is 26.2. The number of carbonyl (C=O) groups excluding carboxylic acids is 4. The summed E-state index contributed by atoms with van der Waals surface area (Å²) in [7, 11) is 3.54. The fourth-order valence-corrected chi connectivity index (χ4v) is 10.9. The van der Waals surface area contributed by atoms with Gasteiger partial charge in [0, 0.05) is 31.6 Å². The first-order chi connectivity index (χ1) is 18.6. The van der Waals surface area contributed by atoms with Crippen LogP contribution < -0.4 is 0 Å². The number of methoxy groups -OCH3 is 1. The Bertz CT molecular complexity index is 1020. The van der Waals surface area contributed by atoms with Gasteiger partial charge in [-0.2, -0.15) is 0 Å². The van der Waals surface area contributed by atoms with Gasteiger partial charge in [-0.3, -0.25) is 19.2 Å². The second kappa shape index (κ2) is 11.1. The van der Waals surface area contributed by atoms with Crippen molar-refractivity contribution in [2.75, 3.05) is 7.11 Å². The number of rotatable bonds is 7. The topological polar surface area (TPSA) is 96.0 Å². The molecular weight excluding hydrogens is 507 g/mol. The first-order valence-electron chi connectivity index (χ1n) is 15.6. The Morgan fingerprint density at radius 2 is 1.68 bits per heavy atom. The molecule has 0 bridgehead atoms. The first-order valence-corrected chi connectivity index (χ1v) is 15.6. The van der Waals surface area contributed by atoms with E-state index in [9.17, 15) is 19.2 Å². The lowest BCUT2D eigenvalue weighted by molar-refractivity contribution is -0.216. The molecule has 4 aliphatic rings. The van der Waals surface area contributed by atoms with Crippen molar-refractivity contribution in [1.29, 1.82) is 0 Å². The van der Waals surface area contributed by atoms with Crippen LogP contribution >= 0.6 is 0 Å². The van der Waals surface area contributed by atoms with Gasteiger partial charge in [0.05, 0.1) is 7.11 Å². The van der Waals surface area contributed by atoms with E-state index in [2.05, 4.69) is 42.5 Å². The van der Waals surface area contributed by atoms with Crippen LogP contribution in [0, 0.1) is 51.8 Å². The van der Waals surface area contributed by atoms with Gasteiger partial charge >= 0.3 is 17.9 Å². The largest absolute Gasteiger partial charge is 0.469 e. The zero-order valence-corrected chi connectivity index (χ0v) is 26.2. The minimum atomic E-state index is -0.547. The van der Waals surface area contributed by atoms with Gasteiger partial charge in [0.25, 0.3) is 0 Å². The lowest BCUT2D eigenvalue weighted by Crippen LogP contribution is -2.66. The fraction of sp³-hybridized carbons (Fsp3) is 0.875. The van der Waals surface area contributed by atoms with Crippen LogP contribution in [0.25, 0.3) is 0 Å². The average molecular weight is 559 g/mol. The summed E-state index contributed by atoms with van der Waals surface area (Å²) >= 11 is 0. The van der Waals surface area contributed by atoms with Gasteiger partial charge in [-0.25, -0.2) is 0 Å². The third-order valence-corrected chi connectivity index (χ3v) is 12.3. The molecule has 0 saturated heterocycles. The molecule has 8 heteroatoms. The van der Waals surface area contributed by atoms with Crippen LogP contribution in [0.2, 0.25) is 5.82 Å². The highest BCUT2D eigenvalue weighted by molar-refractivity contribution is 6.26. The van der Waals surface area contributed by atoms with E-state index in [4.69, 9.17) is 14.2 Å². The lowest BCUT2D eigenvalue weighted by atomic mass is 9.36. The van der Waals surface area contributed by atoms with E-state index in [1.807, 2.05) is 0 Å². The van der Waals surface area contributed by atoms with Gasteiger partial charge in [-0.05, 0) is 91.2 Å². The Kier molecular flexibility index (Phi) is 8.62. The summed E-state index contributed by atoms with van der Waals surface area (Å²) in [5, 5.41) is 0. The van der Waals surface area contributed by atoms with Crippen molar-refractivity contribution < 1.29 is 33.4 Å². The van der Waals surface area contributed by atoms with Gasteiger partial charge in [0.2, 0.25) is 0 Å². The van der Waals surface area contributed by atoms with Crippen molar-refractivity contribution in [3.8, 4) is 0 Å². The zero-order chi connectivity index (χ0) is 29.8. The number of hydrogen-bond donors (Lipinski definition) is 0. The minimum absolute atomic E-state index is 0.0967. The van der Waals surface area contributed by atoms with Gasteiger partial charge in [-0.15, -0.1) is 0 Å². The van der Waals surface area contributed by atoms with E-state index in [1.165, 1.54) is 21.0 Å². The van der Waals surface area contributed by atoms with Crippen molar-refractivity contribution in [2.45, 2.75) is 118 Å². The van der Waals surface area contributed by atoms with E-state index < -0.39 is 5.41 Å². The monoisotopic (exact) mass is 558 g/mol. The fourth-order valence-electron chi connectivity index (χ4n) is 10.9. The molecule has 0 aliphatic heterocycles. The smallest absolute Gasteiger partial charge is 0.305 e. The Morgan fingerprint density at radius 3 is 2.25 bits per heavy atom. The lowest BCUT2D eigenvalue weighted by Gasteiger charge is -2.66. The van der Waals surface area contributed by atoms with Crippen LogP contribution in [-0.2, 0) is 33.4 Å². The van der Waals surface area contributed by atoms with E-state index >= 15 is 0 Å². The number of carbonyl (C=O) groups is 4. The Hall–Kier alpha value is -1.86. The van der Waals surface area contributed by atoms with E-state index in [1.54, 1.807) is 0 Å². The van der Waals surface area contributed by atoms with Crippen LogP contribution in [-0.4, -0.2) is 50.9 Å².